The lowest BCUT2D eigenvalue weighted by Gasteiger charge is -2.22. The molecular weight excluding hydrogens is 272 g/mol. The number of benzene rings is 1. The van der Waals surface area contributed by atoms with Crippen LogP contribution < -0.4 is 5.32 Å². The Morgan fingerprint density at radius 2 is 2.10 bits per heavy atom. The normalized spacial score (nSPS) is 18.7. The van der Waals surface area contributed by atoms with E-state index < -0.39 is 12.1 Å². The van der Waals surface area contributed by atoms with Crippen molar-refractivity contribution in [1.82, 2.24) is 10.2 Å². The van der Waals surface area contributed by atoms with Gasteiger partial charge in [0.05, 0.1) is 13.7 Å². The number of ether oxygens (including phenoxy) is 2. The molecule has 6 heteroatoms. The second kappa shape index (κ2) is 7.64. The third-order valence-electron chi connectivity index (χ3n) is 3.35. The van der Waals surface area contributed by atoms with E-state index in [4.69, 9.17) is 9.47 Å². The molecule has 0 radical (unpaired) electrons. The van der Waals surface area contributed by atoms with Gasteiger partial charge < -0.3 is 19.7 Å². The van der Waals surface area contributed by atoms with Crippen molar-refractivity contribution in [2.45, 2.75) is 19.1 Å². The molecule has 1 saturated heterocycles. The van der Waals surface area contributed by atoms with Crippen LogP contribution in [0.15, 0.2) is 30.3 Å². The summed E-state index contributed by atoms with van der Waals surface area (Å²) >= 11 is 0. The average Bonchev–Trinajstić information content (AvgIpc) is 2.79. The molecular formula is C15H20N2O4. The minimum Gasteiger partial charge on any atom is -0.468 e. The highest BCUT2D eigenvalue weighted by Crippen LogP contribution is 2.07. The van der Waals surface area contributed by atoms with Crippen LogP contribution in [0.4, 0.5) is 4.79 Å². The van der Waals surface area contributed by atoms with Gasteiger partial charge >= 0.3 is 12.1 Å². The van der Waals surface area contributed by atoms with Gasteiger partial charge in [0.15, 0.2) is 0 Å². The maximum absolute atomic E-state index is 12.1. The van der Waals surface area contributed by atoms with Crippen LogP contribution in [0.1, 0.15) is 12.0 Å². The Morgan fingerprint density at radius 3 is 2.81 bits per heavy atom. The van der Waals surface area contributed by atoms with E-state index in [1.54, 1.807) is 4.90 Å². The van der Waals surface area contributed by atoms with E-state index in [-0.39, 0.29) is 19.1 Å². The number of nitrogens with one attached hydrogen (secondary N) is 1. The molecule has 1 amide bonds. The summed E-state index contributed by atoms with van der Waals surface area (Å²) < 4.78 is 10.0. The van der Waals surface area contributed by atoms with Crippen LogP contribution in [0.5, 0.6) is 0 Å². The van der Waals surface area contributed by atoms with Crippen molar-refractivity contribution in [3.8, 4) is 0 Å². The van der Waals surface area contributed by atoms with Crippen LogP contribution in [-0.2, 0) is 20.9 Å². The molecule has 0 unspecified atom stereocenters. The van der Waals surface area contributed by atoms with Crippen LogP contribution in [0, 0.1) is 0 Å². The standard InChI is InChI=1S/C15H20N2O4/c1-20-14(18)13-10-17(9-5-8-16-13)15(19)21-11-12-6-3-2-4-7-12/h2-4,6-7,13,16H,5,8-11H2,1H3/t13-/m0/s1. The SMILES string of the molecule is COC(=O)[C@@H]1CN(C(=O)OCc2ccccc2)CCCN1. The molecule has 1 aliphatic heterocycles. The van der Waals surface area contributed by atoms with Crippen molar-refractivity contribution in [1.29, 1.82) is 0 Å². The maximum Gasteiger partial charge on any atom is 0.410 e. The first-order valence-electron chi connectivity index (χ1n) is 6.97. The third kappa shape index (κ3) is 4.46. The van der Waals surface area contributed by atoms with E-state index in [1.807, 2.05) is 30.3 Å². The predicted octanol–water partition coefficient (Wildman–Crippen LogP) is 1.16. The lowest BCUT2D eigenvalue weighted by Crippen LogP contribution is -2.45. The van der Waals surface area contributed by atoms with Crippen LogP contribution in [-0.4, -0.2) is 49.7 Å². The maximum atomic E-state index is 12.1. The second-order valence-corrected chi connectivity index (χ2v) is 4.87. The largest absolute Gasteiger partial charge is 0.468 e. The molecule has 1 heterocycles. The molecule has 2 rings (SSSR count). The van der Waals surface area contributed by atoms with Gasteiger partial charge in [0.25, 0.3) is 0 Å². The van der Waals surface area contributed by atoms with Gasteiger partial charge in [-0.15, -0.1) is 0 Å². The van der Waals surface area contributed by atoms with Gasteiger partial charge in [-0.05, 0) is 18.5 Å². The summed E-state index contributed by atoms with van der Waals surface area (Å²) in [6.45, 7) is 1.73. The molecule has 1 aromatic carbocycles. The number of nitrogens with zero attached hydrogens (tertiary/aromatic N) is 1. The Labute approximate surface area is 124 Å². The number of hydrogen-bond donors (Lipinski definition) is 1. The Bertz CT molecular complexity index is 478. The van der Waals surface area contributed by atoms with Crippen LogP contribution in [0.25, 0.3) is 0 Å². The quantitative estimate of drug-likeness (QED) is 0.847. The highest BCUT2D eigenvalue weighted by Gasteiger charge is 2.27. The predicted molar refractivity (Wildman–Crippen MR) is 76.6 cm³/mol. The van der Waals surface area contributed by atoms with Crippen LogP contribution in [0.3, 0.4) is 0 Å². The van der Waals surface area contributed by atoms with E-state index in [9.17, 15) is 9.59 Å². The molecule has 0 aliphatic carbocycles. The first kappa shape index (κ1) is 15.3. The topological polar surface area (TPSA) is 67.9 Å². The van der Waals surface area contributed by atoms with Gasteiger partial charge in [-0.25, -0.2) is 4.79 Å². The fourth-order valence-electron chi connectivity index (χ4n) is 2.20. The smallest absolute Gasteiger partial charge is 0.410 e. The molecule has 114 valence electrons. The number of methoxy groups -OCH3 is 1. The molecule has 1 N–H and O–H groups in total. The Balaban J connectivity index is 1.89. The average molecular weight is 292 g/mol. The number of esters is 1. The molecule has 21 heavy (non-hydrogen) atoms. The van der Waals surface area contributed by atoms with Crippen LogP contribution in [0.2, 0.25) is 0 Å². The zero-order valence-corrected chi connectivity index (χ0v) is 12.1. The summed E-state index contributed by atoms with van der Waals surface area (Å²) in [6.07, 6.45) is 0.366. The number of carbonyl (C=O) groups excluding carboxylic acids is 2. The first-order valence-corrected chi connectivity index (χ1v) is 6.97. The lowest BCUT2D eigenvalue weighted by molar-refractivity contribution is -0.143. The molecule has 1 aliphatic rings. The van der Waals surface area contributed by atoms with Gasteiger partial charge in [0, 0.05) is 6.54 Å². The third-order valence-corrected chi connectivity index (χ3v) is 3.35. The summed E-state index contributed by atoms with van der Waals surface area (Å²) in [5.74, 6) is -0.363. The van der Waals surface area contributed by atoms with Crippen molar-refractivity contribution < 1.29 is 19.1 Å². The number of carbonyl (C=O) groups is 2. The minimum absolute atomic E-state index is 0.229. The Kier molecular flexibility index (Phi) is 5.57. The van der Waals surface area contributed by atoms with Crippen LogP contribution >= 0.6 is 0 Å². The van der Waals surface area contributed by atoms with E-state index in [1.165, 1.54) is 7.11 Å². The number of rotatable bonds is 3. The highest BCUT2D eigenvalue weighted by atomic mass is 16.6. The zero-order valence-electron chi connectivity index (χ0n) is 12.1. The summed E-state index contributed by atoms with van der Waals surface area (Å²) in [5.41, 5.74) is 0.934. The van der Waals surface area contributed by atoms with Crippen molar-refractivity contribution in [2.75, 3.05) is 26.7 Å². The summed E-state index contributed by atoms with van der Waals surface area (Å²) in [7, 11) is 1.34. The van der Waals surface area contributed by atoms with Gasteiger partial charge in [-0.1, -0.05) is 30.3 Å². The first-order chi connectivity index (χ1) is 10.2. The van der Waals surface area contributed by atoms with Crippen molar-refractivity contribution in [3.05, 3.63) is 35.9 Å². The fourth-order valence-corrected chi connectivity index (χ4v) is 2.20. The van der Waals surface area contributed by atoms with Gasteiger partial charge in [0.1, 0.15) is 12.6 Å². The van der Waals surface area contributed by atoms with E-state index >= 15 is 0 Å². The Morgan fingerprint density at radius 1 is 1.33 bits per heavy atom. The fraction of sp³-hybridized carbons (Fsp3) is 0.467. The van der Waals surface area contributed by atoms with Gasteiger partial charge in [-0.3, -0.25) is 4.79 Å². The summed E-state index contributed by atoms with van der Waals surface area (Å²) in [6, 6.07) is 9.00. The molecule has 0 spiro atoms. The second-order valence-electron chi connectivity index (χ2n) is 4.87. The van der Waals surface area contributed by atoms with E-state index in [0.717, 1.165) is 12.0 Å². The molecule has 1 aromatic rings. The molecule has 6 nitrogen and oxygen atoms in total. The molecule has 0 saturated carbocycles. The molecule has 1 atom stereocenters. The summed E-state index contributed by atoms with van der Waals surface area (Å²) in [4.78, 5) is 25.3. The molecule has 0 bridgehead atoms. The molecule has 0 aromatic heterocycles. The zero-order chi connectivity index (χ0) is 15.1. The van der Waals surface area contributed by atoms with Crippen molar-refractivity contribution >= 4 is 12.1 Å². The lowest BCUT2D eigenvalue weighted by atomic mass is 10.2. The Hall–Kier alpha value is -2.08. The monoisotopic (exact) mass is 292 g/mol. The minimum atomic E-state index is -0.498. The van der Waals surface area contributed by atoms with E-state index in [0.29, 0.717) is 13.1 Å². The van der Waals surface area contributed by atoms with Crippen molar-refractivity contribution in [3.63, 3.8) is 0 Å². The summed E-state index contributed by atoms with van der Waals surface area (Å²) in [5, 5.41) is 3.07. The van der Waals surface area contributed by atoms with Gasteiger partial charge in [-0.2, -0.15) is 0 Å². The number of hydrogen-bond acceptors (Lipinski definition) is 5. The molecule has 1 fully saturated rings. The van der Waals surface area contributed by atoms with Crippen molar-refractivity contribution in [2.24, 2.45) is 0 Å². The van der Waals surface area contributed by atoms with Gasteiger partial charge in [0.2, 0.25) is 0 Å². The number of amides is 1. The van der Waals surface area contributed by atoms with E-state index in [2.05, 4.69) is 5.32 Å². The highest BCUT2D eigenvalue weighted by molar-refractivity contribution is 5.77.